The molecule has 146 valence electrons. The van der Waals surface area contributed by atoms with Gasteiger partial charge in [0, 0.05) is 18.7 Å². The average Bonchev–Trinajstić information content (AvgIpc) is 2.76. The normalized spacial score (nSPS) is 20.9. The number of rotatable bonds is 3. The summed E-state index contributed by atoms with van der Waals surface area (Å²) < 4.78 is 92.0. The van der Waals surface area contributed by atoms with Crippen LogP contribution in [0.25, 0.3) is 0 Å². The highest BCUT2D eigenvalue weighted by Crippen LogP contribution is 2.32. The summed E-state index contributed by atoms with van der Waals surface area (Å²) in [6.45, 7) is -0.547. The maximum absolute atomic E-state index is 14.1. The second-order valence-electron chi connectivity index (χ2n) is 6.15. The van der Waals surface area contributed by atoms with E-state index in [0.29, 0.717) is 12.1 Å². The Hall–Kier alpha value is -1.91. The van der Waals surface area contributed by atoms with Crippen molar-refractivity contribution in [3.05, 3.63) is 65.5 Å². The third kappa shape index (κ3) is 3.87. The zero-order valence-electron chi connectivity index (χ0n) is 14.0. The molecule has 1 unspecified atom stereocenters. The molecule has 1 fully saturated rings. The van der Waals surface area contributed by atoms with Crippen LogP contribution in [0.1, 0.15) is 17.2 Å². The van der Waals surface area contributed by atoms with Crippen molar-refractivity contribution in [1.82, 2.24) is 4.31 Å². The van der Waals surface area contributed by atoms with Crippen LogP contribution in [0.3, 0.4) is 0 Å². The molecule has 0 bridgehead atoms. The summed E-state index contributed by atoms with van der Waals surface area (Å²) in [5, 5.41) is -1.18. The molecule has 2 aromatic rings. The number of halogens is 3. The van der Waals surface area contributed by atoms with Crippen molar-refractivity contribution in [3.63, 3.8) is 0 Å². The van der Waals surface area contributed by atoms with Crippen LogP contribution >= 0.6 is 0 Å². The zero-order chi connectivity index (χ0) is 19.8. The lowest BCUT2D eigenvalue weighted by molar-refractivity contribution is 0.425. The Morgan fingerprint density at radius 2 is 1.63 bits per heavy atom. The van der Waals surface area contributed by atoms with Crippen molar-refractivity contribution in [2.75, 3.05) is 18.8 Å². The molecule has 0 radical (unpaired) electrons. The molecular weight excluding hydrogens is 403 g/mol. The van der Waals surface area contributed by atoms with Gasteiger partial charge in [-0.3, -0.25) is 0 Å². The van der Waals surface area contributed by atoms with Gasteiger partial charge in [0.25, 0.3) is 0 Å². The van der Waals surface area contributed by atoms with Gasteiger partial charge >= 0.3 is 0 Å². The third-order valence-electron chi connectivity index (χ3n) is 4.48. The maximum atomic E-state index is 14.1. The minimum absolute atomic E-state index is 0.00965. The first kappa shape index (κ1) is 19.8. The standard InChI is InChI=1S/C17H16F3NO4S2/c18-14-4-2-1-3-13(14)17-7-8-21(9-10-26(17,22)23)27(24,25)12-5-6-15(19)16(20)11-12/h1-6,11,17H,7-10H2. The van der Waals surface area contributed by atoms with Crippen LogP contribution < -0.4 is 0 Å². The molecule has 0 N–H and O–H groups in total. The molecule has 2 aromatic carbocycles. The molecule has 0 aliphatic carbocycles. The van der Waals surface area contributed by atoms with Gasteiger partial charge in [0.2, 0.25) is 10.0 Å². The van der Waals surface area contributed by atoms with Gasteiger partial charge in [0.05, 0.1) is 15.9 Å². The van der Waals surface area contributed by atoms with Gasteiger partial charge in [-0.2, -0.15) is 4.31 Å². The van der Waals surface area contributed by atoms with E-state index in [1.165, 1.54) is 18.2 Å². The van der Waals surface area contributed by atoms with Gasteiger partial charge in [-0.15, -0.1) is 0 Å². The van der Waals surface area contributed by atoms with E-state index >= 15 is 0 Å². The summed E-state index contributed by atoms with van der Waals surface area (Å²) in [5.74, 6) is -3.69. The monoisotopic (exact) mass is 419 g/mol. The fourth-order valence-corrected chi connectivity index (χ4v) is 6.42. The lowest BCUT2D eigenvalue weighted by Gasteiger charge is -2.20. The maximum Gasteiger partial charge on any atom is 0.243 e. The molecule has 0 spiro atoms. The van der Waals surface area contributed by atoms with Crippen molar-refractivity contribution in [2.45, 2.75) is 16.6 Å². The first-order valence-electron chi connectivity index (χ1n) is 8.04. The van der Waals surface area contributed by atoms with E-state index in [0.717, 1.165) is 16.4 Å². The molecule has 0 amide bonds. The molecule has 0 saturated carbocycles. The Morgan fingerprint density at radius 1 is 0.926 bits per heavy atom. The molecule has 27 heavy (non-hydrogen) atoms. The number of sulfone groups is 1. The van der Waals surface area contributed by atoms with Crippen LogP contribution in [-0.2, 0) is 19.9 Å². The number of hydrogen-bond donors (Lipinski definition) is 0. The zero-order valence-corrected chi connectivity index (χ0v) is 15.6. The molecule has 0 aromatic heterocycles. The van der Waals surface area contributed by atoms with E-state index in [-0.39, 0.29) is 25.1 Å². The molecule has 1 atom stereocenters. The van der Waals surface area contributed by atoms with Gasteiger partial charge < -0.3 is 0 Å². The van der Waals surface area contributed by atoms with Crippen molar-refractivity contribution in [2.24, 2.45) is 0 Å². The van der Waals surface area contributed by atoms with Gasteiger partial charge in [-0.1, -0.05) is 18.2 Å². The van der Waals surface area contributed by atoms with Crippen molar-refractivity contribution in [3.8, 4) is 0 Å². The van der Waals surface area contributed by atoms with E-state index in [4.69, 9.17) is 0 Å². The largest absolute Gasteiger partial charge is 0.243 e. The van der Waals surface area contributed by atoms with Crippen molar-refractivity contribution >= 4 is 19.9 Å². The highest BCUT2D eigenvalue weighted by atomic mass is 32.2. The summed E-state index contributed by atoms with van der Waals surface area (Å²) >= 11 is 0. The Balaban J connectivity index is 1.93. The summed E-state index contributed by atoms with van der Waals surface area (Å²) in [6.07, 6.45) is -0.147. The highest BCUT2D eigenvalue weighted by Gasteiger charge is 2.36. The molecule has 1 heterocycles. The fraction of sp³-hybridized carbons (Fsp3) is 0.294. The number of nitrogens with zero attached hydrogens (tertiary/aromatic N) is 1. The molecule has 10 heteroatoms. The number of sulfonamides is 1. The van der Waals surface area contributed by atoms with Gasteiger partial charge in [-0.05, 0) is 30.7 Å². The van der Waals surface area contributed by atoms with Crippen molar-refractivity contribution < 1.29 is 30.0 Å². The van der Waals surface area contributed by atoms with Gasteiger partial charge in [0.1, 0.15) is 5.82 Å². The molecular formula is C17H16F3NO4S2. The molecule has 3 rings (SSSR count). The van der Waals surface area contributed by atoms with Crippen LogP contribution in [0.15, 0.2) is 47.4 Å². The topological polar surface area (TPSA) is 71.5 Å². The Morgan fingerprint density at radius 3 is 2.30 bits per heavy atom. The second kappa shape index (κ2) is 7.25. The van der Waals surface area contributed by atoms with Crippen molar-refractivity contribution in [1.29, 1.82) is 0 Å². The average molecular weight is 419 g/mol. The van der Waals surface area contributed by atoms with Crippen LogP contribution in [0.5, 0.6) is 0 Å². The smallest absolute Gasteiger partial charge is 0.228 e. The van der Waals surface area contributed by atoms with Crippen LogP contribution in [-0.4, -0.2) is 40.0 Å². The summed E-state index contributed by atoms with van der Waals surface area (Å²) in [6, 6.07) is 7.61. The van der Waals surface area contributed by atoms with E-state index < -0.39 is 53.2 Å². The molecule has 1 aliphatic rings. The molecule has 1 saturated heterocycles. The molecule has 1 aliphatic heterocycles. The first-order chi connectivity index (χ1) is 12.6. The number of hydrogen-bond acceptors (Lipinski definition) is 4. The van der Waals surface area contributed by atoms with Gasteiger partial charge in [-0.25, -0.2) is 30.0 Å². The minimum Gasteiger partial charge on any atom is -0.228 e. The second-order valence-corrected chi connectivity index (χ2v) is 10.4. The van der Waals surface area contributed by atoms with Crippen LogP contribution in [0.4, 0.5) is 13.2 Å². The Labute approximate surface area is 155 Å². The summed E-state index contributed by atoms with van der Waals surface area (Å²) in [5.41, 5.74) is -0.00965. The predicted octanol–water partition coefficient (Wildman–Crippen LogP) is 2.65. The Bertz CT molecular complexity index is 1070. The van der Waals surface area contributed by atoms with E-state index in [1.54, 1.807) is 0 Å². The quantitative estimate of drug-likeness (QED) is 0.767. The molecule has 5 nitrogen and oxygen atoms in total. The first-order valence-corrected chi connectivity index (χ1v) is 11.2. The lowest BCUT2D eigenvalue weighted by Crippen LogP contribution is -2.33. The van der Waals surface area contributed by atoms with E-state index in [1.807, 2.05) is 0 Å². The number of benzene rings is 2. The minimum atomic E-state index is -4.22. The summed E-state index contributed by atoms with van der Waals surface area (Å²) in [4.78, 5) is -0.469. The highest BCUT2D eigenvalue weighted by molar-refractivity contribution is 7.92. The van der Waals surface area contributed by atoms with Gasteiger partial charge in [0.15, 0.2) is 21.5 Å². The van der Waals surface area contributed by atoms with Crippen LogP contribution in [0.2, 0.25) is 0 Å². The fourth-order valence-electron chi connectivity index (χ4n) is 3.04. The summed E-state index contributed by atoms with van der Waals surface area (Å²) in [7, 11) is -8.03. The van der Waals surface area contributed by atoms with E-state index in [9.17, 15) is 30.0 Å². The predicted molar refractivity (Wildman–Crippen MR) is 92.7 cm³/mol. The Kier molecular flexibility index (Phi) is 5.33. The SMILES string of the molecule is O=S1(=O)CCN(S(=O)(=O)c2ccc(F)c(F)c2)CCC1c1ccccc1F. The van der Waals surface area contributed by atoms with E-state index in [2.05, 4.69) is 0 Å². The lowest BCUT2D eigenvalue weighted by atomic mass is 10.1. The third-order valence-corrected chi connectivity index (χ3v) is 8.48. The van der Waals surface area contributed by atoms with Crippen LogP contribution in [0, 0.1) is 17.5 Å².